The van der Waals surface area contributed by atoms with E-state index in [4.69, 9.17) is 0 Å². The lowest BCUT2D eigenvalue weighted by Gasteiger charge is -2.41. The summed E-state index contributed by atoms with van der Waals surface area (Å²) in [6.07, 6.45) is 1.72. The zero-order valence-corrected chi connectivity index (χ0v) is 13.1. The summed E-state index contributed by atoms with van der Waals surface area (Å²) in [7, 11) is 0. The number of hydrogen-bond acceptors (Lipinski definition) is 3. The Kier molecular flexibility index (Phi) is 3.48. The van der Waals surface area contributed by atoms with Crippen LogP contribution in [0.5, 0.6) is 0 Å². The highest BCUT2D eigenvalue weighted by Gasteiger charge is 2.39. The van der Waals surface area contributed by atoms with Gasteiger partial charge in [0.15, 0.2) is 0 Å². The summed E-state index contributed by atoms with van der Waals surface area (Å²) < 4.78 is 0. The molecule has 24 heavy (non-hydrogen) atoms. The average molecular weight is 326 g/mol. The maximum absolute atomic E-state index is 12.6. The standard InChI is InChI=1S/C17H18N4O3/c22-15-10-20(6-5-18-15)16(23)11-8-21(9-11)17(24)13-7-19-14-4-2-1-3-12(13)14/h1-4,7,11,19H,5-6,8-10H2,(H,18,22). The molecule has 0 radical (unpaired) electrons. The normalized spacial score (nSPS) is 18.4. The number of nitrogens with one attached hydrogen (secondary N) is 2. The van der Waals surface area contributed by atoms with Gasteiger partial charge in [0, 0.05) is 43.3 Å². The van der Waals surface area contributed by atoms with Crippen LogP contribution in [0.2, 0.25) is 0 Å². The van der Waals surface area contributed by atoms with E-state index in [9.17, 15) is 14.4 Å². The van der Waals surface area contributed by atoms with Gasteiger partial charge in [-0.2, -0.15) is 0 Å². The third-order valence-electron chi connectivity index (χ3n) is 4.69. The van der Waals surface area contributed by atoms with Gasteiger partial charge in [-0.1, -0.05) is 18.2 Å². The van der Waals surface area contributed by atoms with Crippen molar-refractivity contribution >= 4 is 28.6 Å². The number of H-pyrrole nitrogens is 1. The number of amides is 3. The predicted octanol–water partition coefficient (Wildman–Crippen LogP) is 0.198. The molecule has 2 aliphatic rings. The van der Waals surface area contributed by atoms with Crippen molar-refractivity contribution in [3.8, 4) is 0 Å². The molecule has 0 aliphatic carbocycles. The van der Waals surface area contributed by atoms with Crippen molar-refractivity contribution in [2.75, 3.05) is 32.7 Å². The summed E-state index contributed by atoms with van der Waals surface area (Å²) in [4.78, 5) is 42.8. The van der Waals surface area contributed by atoms with E-state index in [1.54, 1.807) is 16.0 Å². The summed E-state index contributed by atoms with van der Waals surface area (Å²) in [5, 5.41) is 3.60. The molecule has 7 heteroatoms. The summed E-state index contributed by atoms with van der Waals surface area (Å²) in [5.74, 6) is -0.425. The fraction of sp³-hybridized carbons (Fsp3) is 0.353. The van der Waals surface area contributed by atoms with Gasteiger partial charge in [-0.25, -0.2) is 0 Å². The number of aromatic nitrogens is 1. The van der Waals surface area contributed by atoms with Crippen LogP contribution >= 0.6 is 0 Å². The Balaban J connectivity index is 1.41. The second-order valence-corrected chi connectivity index (χ2v) is 6.26. The second kappa shape index (κ2) is 5.67. The molecule has 7 nitrogen and oxygen atoms in total. The van der Waals surface area contributed by atoms with Gasteiger partial charge < -0.3 is 20.1 Å². The number of likely N-dealkylation sites (tertiary alicyclic amines) is 1. The lowest BCUT2D eigenvalue weighted by atomic mass is 9.96. The van der Waals surface area contributed by atoms with Crippen molar-refractivity contribution in [2.24, 2.45) is 5.92 Å². The number of piperazine rings is 1. The van der Waals surface area contributed by atoms with E-state index in [0.717, 1.165) is 10.9 Å². The monoisotopic (exact) mass is 326 g/mol. The van der Waals surface area contributed by atoms with Crippen LogP contribution in [0.1, 0.15) is 10.4 Å². The predicted molar refractivity (Wildman–Crippen MR) is 87.3 cm³/mol. The van der Waals surface area contributed by atoms with E-state index >= 15 is 0 Å². The number of hydrogen-bond donors (Lipinski definition) is 2. The van der Waals surface area contributed by atoms with Crippen molar-refractivity contribution in [2.45, 2.75) is 0 Å². The molecule has 2 saturated heterocycles. The maximum atomic E-state index is 12.6. The van der Waals surface area contributed by atoms with Gasteiger partial charge in [0.25, 0.3) is 5.91 Å². The van der Waals surface area contributed by atoms with Crippen molar-refractivity contribution in [3.63, 3.8) is 0 Å². The van der Waals surface area contributed by atoms with Crippen LogP contribution in [0, 0.1) is 5.92 Å². The minimum absolute atomic E-state index is 0.0344. The number of nitrogens with zero attached hydrogens (tertiary/aromatic N) is 2. The van der Waals surface area contributed by atoms with Crippen molar-refractivity contribution < 1.29 is 14.4 Å². The number of fused-ring (bicyclic) bond motifs is 1. The van der Waals surface area contributed by atoms with E-state index in [0.29, 0.717) is 31.7 Å². The van der Waals surface area contributed by atoms with Crippen molar-refractivity contribution in [3.05, 3.63) is 36.0 Å². The fourth-order valence-electron chi connectivity index (χ4n) is 3.30. The minimum Gasteiger partial charge on any atom is -0.360 e. The Morgan fingerprint density at radius 1 is 1.12 bits per heavy atom. The van der Waals surface area contributed by atoms with Crippen LogP contribution in [0.15, 0.2) is 30.5 Å². The second-order valence-electron chi connectivity index (χ2n) is 6.26. The minimum atomic E-state index is -0.204. The first-order valence-corrected chi connectivity index (χ1v) is 8.04. The van der Waals surface area contributed by atoms with Gasteiger partial charge in [0.05, 0.1) is 18.0 Å². The highest BCUT2D eigenvalue weighted by atomic mass is 16.2. The lowest BCUT2D eigenvalue weighted by Crippen LogP contribution is -2.59. The van der Waals surface area contributed by atoms with Gasteiger partial charge in [0.2, 0.25) is 11.8 Å². The van der Waals surface area contributed by atoms with E-state index < -0.39 is 0 Å². The summed E-state index contributed by atoms with van der Waals surface area (Å²) in [5.41, 5.74) is 1.56. The molecule has 1 aromatic heterocycles. The van der Waals surface area contributed by atoms with Crippen molar-refractivity contribution in [1.29, 1.82) is 0 Å². The molecule has 1 aromatic carbocycles. The van der Waals surface area contributed by atoms with Crippen LogP contribution < -0.4 is 5.32 Å². The molecule has 124 valence electrons. The SMILES string of the molecule is O=C1CN(C(=O)C2CN(C(=O)c3c[nH]c4ccccc34)C2)CCN1. The molecular formula is C17H18N4O3. The smallest absolute Gasteiger partial charge is 0.256 e. The highest BCUT2D eigenvalue weighted by molar-refractivity contribution is 6.07. The third-order valence-corrected chi connectivity index (χ3v) is 4.69. The summed E-state index contributed by atoms with van der Waals surface area (Å²) in [6, 6.07) is 7.65. The van der Waals surface area contributed by atoms with Crippen molar-refractivity contribution in [1.82, 2.24) is 20.1 Å². The van der Waals surface area contributed by atoms with Gasteiger partial charge in [-0.05, 0) is 6.07 Å². The number of aromatic amines is 1. The van der Waals surface area contributed by atoms with Gasteiger partial charge in [0.1, 0.15) is 0 Å². The maximum Gasteiger partial charge on any atom is 0.256 e. The first kappa shape index (κ1) is 14.7. The first-order valence-electron chi connectivity index (χ1n) is 8.04. The zero-order chi connectivity index (χ0) is 16.7. The molecule has 2 aliphatic heterocycles. The first-order chi connectivity index (χ1) is 11.6. The summed E-state index contributed by atoms with van der Waals surface area (Å²) in [6.45, 7) is 1.98. The number of carbonyl (C=O) groups is 3. The fourth-order valence-corrected chi connectivity index (χ4v) is 3.30. The molecule has 0 unspecified atom stereocenters. The van der Waals surface area contributed by atoms with E-state index in [1.165, 1.54) is 0 Å². The third kappa shape index (κ3) is 2.42. The molecule has 2 N–H and O–H groups in total. The largest absolute Gasteiger partial charge is 0.360 e. The topological polar surface area (TPSA) is 85.5 Å². The van der Waals surface area contributed by atoms with E-state index in [2.05, 4.69) is 10.3 Å². The van der Waals surface area contributed by atoms with Crippen LogP contribution in [-0.4, -0.2) is 65.2 Å². The molecule has 2 aromatic rings. The van der Waals surface area contributed by atoms with Gasteiger partial charge in [-0.3, -0.25) is 14.4 Å². The van der Waals surface area contributed by atoms with Gasteiger partial charge >= 0.3 is 0 Å². The Labute approximate surface area is 138 Å². The van der Waals surface area contributed by atoms with Crippen LogP contribution in [-0.2, 0) is 9.59 Å². The lowest BCUT2D eigenvalue weighted by molar-refractivity contribution is -0.144. The van der Waals surface area contributed by atoms with E-state index in [-0.39, 0.29) is 30.2 Å². The molecule has 2 fully saturated rings. The molecule has 3 amide bonds. The molecule has 4 rings (SSSR count). The molecule has 3 heterocycles. The zero-order valence-electron chi connectivity index (χ0n) is 13.1. The average Bonchev–Trinajstić information content (AvgIpc) is 2.97. The molecular weight excluding hydrogens is 308 g/mol. The Bertz CT molecular complexity index is 822. The number of benzene rings is 1. The van der Waals surface area contributed by atoms with E-state index in [1.807, 2.05) is 24.3 Å². The molecule has 0 atom stereocenters. The Hall–Kier alpha value is -2.83. The number of rotatable bonds is 2. The highest BCUT2D eigenvalue weighted by Crippen LogP contribution is 2.25. The molecule has 0 saturated carbocycles. The number of para-hydroxylation sites is 1. The Morgan fingerprint density at radius 2 is 1.92 bits per heavy atom. The molecule has 0 bridgehead atoms. The van der Waals surface area contributed by atoms with Crippen LogP contribution in [0.25, 0.3) is 10.9 Å². The van der Waals surface area contributed by atoms with Gasteiger partial charge in [-0.15, -0.1) is 0 Å². The summed E-state index contributed by atoms with van der Waals surface area (Å²) >= 11 is 0. The number of carbonyl (C=O) groups excluding carboxylic acids is 3. The van der Waals surface area contributed by atoms with Crippen LogP contribution in [0.4, 0.5) is 0 Å². The molecule has 0 spiro atoms. The van der Waals surface area contributed by atoms with Crippen LogP contribution in [0.3, 0.4) is 0 Å². The quantitative estimate of drug-likeness (QED) is 0.827. The Morgan fingerprint density at radius 3 is 2.71 bits per heavy atom.